The van der Waals surface area contributed by atoms with Gasteiger partial charge in [0.1, 0.15) is 47.1 Å². The molecule has 2 aliphatic carbocycles. The third-order valence-electron chi connectivity index (χ3n) is 15.8. The SMILES string of the molecule is COc1c2c(c(OC)c3c(OC)cccc13)[C@H](CCCN=[N+]=[N-])O[C@@H]1CC(=O)O[C@H]21.COc1cccc2c1C(=O)C1=C(C2=O)[C@H]2OC(=O)C[C@H]2O[C@H]1CCCN=[N+]=[N-].[N-]=[N+]=NCCC[C@@H]1O[C@@H]2CC(=O)O[C@@H]2C2=C1C(=O)c1c(O)cccc1C2=O. The maximum absolute atomic E-state index is 13.4. The van der Waals surface area contributed by atoms with Gasteiger partial charge in [0.2, 0.25) is 0 Å². The van der Waals surface area contributed by atoms with Crippen molar-refractivity contribution in [3.63, 3.8) is 0 Å². The van der Waals surface area contributed by atoms with Crippen molar-refractivity contribution in [2.24, 2.45) is 15.3 Å². The summed E-state index contributed by atoms with van der Waals surface area (Å²) in [6.07, 6.45) is -2.81. The van der Waals surface area contributed by atoms with Crippen molar-refractivity contribution in [2.45, 2.75) is 113 Å². The predicted octanol–water partition coefficient (Wildman–Crippen LogP) is 9.17. The van der Waals surface area contributed by atoms with Crippen molar-refractivity contribution in [2.75, 3.05) is 48.1 Å². The molecule has 0 unspecified atom stereocenters. The average molecular weight is 1170 g/mol. The molecule has 0 saturated carbocycles. The quantitative estimate of drug-likeness (QED) is 0.0273. The highest BCUT2D eigenvalue weighted by atomic mass is 16.6. The number of ether oxygens (including phenoxy) is 10. The molecule has 440 valence electrons. The number of phenols is 1. The van der Waals surface area contributed by atoms with Crippen molar-refractivity contribution < 1.29 is 86.0 Å². The summed E-state index contributed by atoms with van der Waals surface area (Å²) in [6, 6.07) is 14.8. The van der Waals surface area contributed by atoms with E-state index >= 15 is 0 Å². The van der Waals surface area contributed by atoms with E-state index in [0.717, 1.165) is 21.9 Å². The molecule has 27 heteroatoms. The Balaban J connectivity index is 0.000000142. The van der Waals surface area contributed by atoms with Crippen molar-refractivity contribution >= 4 is 51.8 Å². The monoisotopic (exact) mass is 1170 g/mol. The summed E-state index contributed by atoms with van der Waals surface area (Å²) in [7, 11) is 6.22. The van der Waals surface area contributed by atoms with Crippen LogP contribution in [0, 0.1) is 0 Å². The summed E-state index contributed by atoms with van der Waals surface area (Å²) < 4.78 is 57.0. The van der Waals surface area contributed by atoms with E-state index in [9.17, 15) is 38.7 Å². The van der Waals surface area contributed by atoms with Gasteiger partial charge in [-0.2, -0.15) is 0 Å². The lowest BCUT2D eigenvalue weighted by molar-refractivity contribution is -0.144. The van der Waals surface area contributed by atoms with E-state index in [0.29, 0.717) is 68.1 Å². The number of phenolic OH excluding ortho intramolecular Hbond substituents is 1. The fraction of sp³-hybridized carbons (Fsp3) is 0.431. The average Bonchev–Trinajstić information content (AvgIpc) is 1.90. The van der Waals surface area contributed by atoms with E-state index in [1.165, 1.54) is 25.3 Å². The molecular weight excluding hydrogens is 1110 g/mol. The predicted molar refractivity (Wildman–Crippen MR) is 293 cm³/mol. The van der Waals surface area contributed by atoms with E-state index in [2.05, 4.69) is 30.1 Å². The van der Waals surface area contributed by atoms with Crippen molar-refractivity contribution in [3.05, 3.63) is 142 Å². The Labute approximate surface area is 482 Å². The lowest BCUT2D eigenvalue weighted by Crippen LogP contribution is -2.45. The van der Waals surface area contributed by atoms with Gasteiger partial charge >= 0.3 is 17.9 Å². The molecular formula is C58H55N9O18. The maximum Gasteiger partial charge on any atom is 0.309 e. The molecule has 0 amide bonds. The number of hydrogen-bond donors (Lipinski definition) is 1. The number of azide groups is 3. The Morgan fingerprint density at radius 2 is 0.929 bits per heavy atom. The summed E-state index contributed by atoms with van der Waals surface area (Å²) in [4.78, 5) is 96.7. The smallest absolute Gasteiger partial charge is 0.309 e. The minimum atomic E-state index is -0.923. The van der Waals surface area contributed by atoms with Crippen LogP contribution in [0.15, 0.2) is 92.2 Å². The number of ketones is 4. The van der Waals surface area contributed by atoms with Crippen LogP contribution < -0.4 is 18.9 Å². The molecule has 12 rings (SSSR count). The molecule has 6 heterocycles. The second-order valence-electron chi connectivity index (χ2n) is 20.5. The van der Waals surface area contributed by atoms with Crippen LogP contribution in [0.25, 0.3) is 42.1 Å². The Hall–Kier alpha value is -9.48. The lowest BCUT2D eigenvalue weighted by atomic mass is 9.76. The number of Topliss-reactive ketones (excluding diaryl/α,β-unsaturated/α-hetero) is 4. The minimum absolute atomic E-state index is 0.00264. The molecule has 3 fully saturated rings. The number of aromatic hydroxyl groups is 1. The van der Waals surface area contributed by atoms with Gasteiger partial charge in [-0.15, -0.1) is 0 Å². The van der Waals surface area contributed by atoms with Crippen LogP contribution >= 0.6 is 0 Å². The molecule has 6 aliphatic heterocycles. The number of fused-ring (bicyclic) bond motifs is 10. The molecule has 0 bridgehead atoms. The summed E-state index contributed by atoms with van der Waals surface area (Å²) in [5.74, 6) is -1.04. The number of methoxy groups -OCH3 is 4. The van der Waals surface area contributed by atoms with Gasteiger partial charge in [0.05, 0.1) is 93.7 Å². The van der Waals surface area contributed by atoms with Crippen LogP contribution in [0.2, 0.25) is 0 Å². The van der Waals surface area contributed by atoms with Gasteiger partial charge < -0.3 is 52.5 Å². The molecule has 8 aliphatic rings. The number of benzene rings is 4. The van der Waals surface area contributed by atoms with Gasteiger partial charge in [-0.25, -0.2) is 0 Å². The second-order valence-corrected chi connectivity index (χ2v) is 20.5. The van der Waals surface area contributed by atoms with Crippen LogP contribution in [0.4, 0.5) is 0 Å². The molecule has 1 N–H and O–H groups in total. The van der Waals surface area contributed by atoms with Gasteiger partial charge in [-0.1, -0.05) is 51.7 Å². The summed E-state index contributed by atoms with van der Waals surface area (Å²) in [6.45, 7) is 0.808. The van der Waals surface area contributed by atoms with Crippen molar-refractivity contribution in [1.82, 2.24) is 0 Å². The molecule has 0 radical (unpaired) electrons. The fourth-order valence-electron chi connectivity index (χ4n) is 12.4. The summed E-state index contributed by atoms with van der Waals surface area (Å²) >= 11 is 0. The summed E-state index contributed by atoms with van der Waals surface area (Å²) in [5.41, 5.74) is 28.1. The van der Waals surface area contributed by atoms with E-state index in [-0.39, 0.29) is 106 Å². The second kappa shape index (κ2) is 25.2. The van der Waals surface area contributed by atoms with Crippen LogP contribution in [-0.4, -0.2) is 137 Å². The Morgan fingerprint density at radius 1 is 0.494 bits per heavy atom. The van der Waals surface area contributed by atoms with Gasteiger partial charge in [0.15, 0.2) is 41.4 Å². The van der Waals surface area contributed by atoms with Gasteiger partial charge in [-0.05, 0) is 73.3 Å². The number of nitrogens with zero attached hydrogens (tertiary/aromatic N) is 9. The first-order chi connectivity index (χ1) is 41.2. The van der Waals surface area contributed by atoms with Gasteiger partial charge in [0, 0.05) is 73.2 Å². The molecule has 9 atom stereocenters. The highest BCUT2D eigenvalue weighted by molar-refractivity contribution is 6.30. The first-order valence-corrected chi connectivity index (χ1v) is 27.2. The lowest BCUT2D eigenvalue weighted by Gasteiger charge is -2.36. The largest absolute Gasteiger partial charge is 0.507 e. The Bertz CT molecular complexity index is 3690. The van der Waals surface area contributed by atoms with Crippen LogP contribution in [-0.2, 0) is 42.8 Å². The summed E-state index contributed by atoms with van der Waals surface area (Å²) in [5, 5.41) is 22.3. The molecule has 4 aromatic rings. The molecule has 27 nitrogen and oxygen atoms in total. The molecule has 0 spiro atoms. The van der Waals surface area contributed by atoms with E-state index in [1.54, 1.807) is 39.5 Å². The molecule has 0 aromatic heterocycles. The zero-order valence-corrected chi connectivity index (χ0v) is 46.3. The Kier molecular flexibility index (Phi) is 17.4. The number of hydrogen-bond acceptors (Lipinski definition) is 21. The van der Waals surface area contributed by atoms with Gasteiger partial charge in [-0.3, -0.25) is 33.6 Å². The van der Waals surface area contributed by atoms with Crippen LogP contribution in [0.5, 0.6) is 28.7 Å². The van der Waals surface area contributed by atoms with E-state index in [4.69, 9.17) is 64.0 Å². The third-order valence-corrected chi connectivity index (χ3v) is 15.8. The standard InChI is InChI=1S/C21H23N3O6.C19H17N3O6.C18H15N3O6/c1-26-12-7-4-6-11-16(12)21(28-3)17-13(8-5-9-23-24-22)29-14-10-15(25)30-20(14)18(17)19(11)27-2;1-26-10-5-2-4-9-14(10)18(25)15-11(6-3-7-21-22-20)27-12-8-13(23)28-19(12)16(15)17(9)24;19-21-20-6-2-5-10-14-15(18-11(26-10)7-12(23)27-18)16(24)8-3-1-4-9(22)13(8)17(14)25/h4,6-7,13-14,20H,5,8-10H2,1-3H3;2,4-5,11-12,19H,3,6-8H2,1H3;1,3-4,10-11,18,22H,2,5-7H2/t13-,14+,20-;11-,12+,19-;10-,11+,18-/m000/s1. The topological polar surface area (TPSA) is 378 Å². The first-order valence-electron chi connectivity index (χ1n) is 27.2. The molecule has 3 saturated heterocycles. The maximum atomic E-state index is 13.4. The Morgan fingerprint density at radius 3 is 1.44 bits per heavy atom. The minimum Gasteiger partial charge on any atom is -0.507 e. The van der Waals surface area contributed by atoms with Crippen LogP contribution in [0.1, 0.15) is 123 Å². The number of esters is 3. The number of rotatable bonds is 16. The first kappa shape index (κ1) is 58.7. The van der Waals surface area contributed by atoms with Crippen molar-refractivity contribution in [3.8, 4) is 28.7 Å². The van der Waals surface area contributed by atoms with Gasteiger partial charge in [0.25, 0.3) is 0 Å². The van der Waals surface area contributed by atoms with Crippen LogP contribution in [0.3, 0.4) is 0 Å². The van der Waals surface area contributed by atoms with E-state index < -0.39 is 72.3 Å². The third kappa shape index (κ3) is 10.8. The zero-order valence-electron chi connectivity index (χ0n) is 46.3. The molecule has 4 aromatic carbocycles. The highest BCUT2D eigenvalue weighted by Gasteiger charge is 2.54. The number of carbonyl (C=O) groups is 7. The normalized spacial score (nSPS) is 24.4. The zero-order chi connectivity index (χ0) is 60.2. The van der Waals surface area contributed by atoms with Crippen molar-refractivity contribution in [1.29, 1.82) is 0 Å². The van der Waals surface area contributed by atoms with E-state index in [1.807, 2.05) is 18.2 Å². The highest BCUT2D eigenvalue weighted by Crippen LogP contribution is 2.56. The molecule has 85 heavy (non-hydrogen) atoms. The number of carbonyl (C=O) groups excluding carboxylic acids is 7. The fourth-order valence-corrected chi connectivity index (χ4v) is 12.4.